The van der Waals surface area contributed by atoms with Crippen molar-refractivity contribution in [2.45, 2.75) is 0 Å². The first kappa shape index (κ1) is 11.8. The number of hydrogen-bond donors (Lipinski definition) is 0. The molecule has 0 bridgehead atoms. The Morgan fingerprint density at radius 3 is 2.18 bits per heavy atom. The number of amides is 1. The zero-order valence-electron chi connectivity index (χ0n) is 8.81. The lowest BCUT2D eigenvalue weighted by Crippen LogP contribution is -2.19. The Balaban J connectivity index is 2.23. The van der Waals surface area contributed by atoms with Crippen molar-refractivity contribution < 1.29 is 9.18 Å². The Hall–Kier alpha value is -1.68. The summed E-state index contributed by atoms with van der Waals surface area (Å²) >= 11 is 3.17. The lowest BCUT2D eigenvalue weighted by Gasteiger charge is -2.14. The summed E-state index contributed by atoms with van der Waals surface area (Å²) in [6.45, 7) is 0. The Kier molecular flexibility index (Phi) is 3.54. The van der Waals surface area contributed by atoms with Crippen LogP contribution in [0.15, 0.2) is 54.6 Å². The van der Waals surface area contributed by atoms with Crippen molar-refractivity contribution in [1.29, 1.82) is 0 Å². The van der Waals surface area contributed by atoms with Gasteiger partial charge >= 0.3 is 0 Å². The molecule has 0 aliphatic rings. The fraction of sp³-hybridized carbons (Fsp3) is 0. The molecule has 0 radical (unpaired) electrons. The van der Waals surface area contributed by atoms with Crippen LogP contribution in [-0.4, -0.2) is 5.91 Å². The molecule has 2 aromatic carbocycles. The Morgan fingerprint density at radius 1 is 1.00 bits per heavy atom. The fourth-order valence-corrected chi connectivity index (χ4v) is 1.82. The van der Waals surface area contributed by atoms with E-state index in [1.165, 1.54) is 28.2 Å². The van der Waals surface area contributed by atoms with E-state index in [0.717, 1.165) is 0 Å². The standard InChI is InChI=1S/C13H9BrFNO/c14-16(12-8-6-11(15)7-9-12)13(17)10-4-2-1-3-5-10/h1-9H. The van der Waals surface area contributed by atoms with Crippen molar-refractivity contribution in [3.8, 4) is 0 Å². The van der Waals surface area contributed by atoms with Gasteiger partial charge in [-0.3, -0.25) is 4.79 Å². The SMILES string of the molecule is O=C(c1ccccc1)N(Br)c1ccc(F)cc1. The smallest absolute Gasteiger partial charge is 0.268 e. The van der Waals surface area contributed by atoms with E-state index in [-0.39, 0.29) is 11.7 Å². The van der Waals surface area contributed by atoms with Crippen molar-refractivity contribution in [2.75, 3.05) is 3.93 Å². The minimum absolute atomic E-state index is 0.197. The van der Waals surface area contributed by atoms with Crippen LogP contribution in [0.25, 0.3) is 0 Å². The van der Waals surface area contributed by atoms with E-state index in [1.54, 1.807) is 24.3 Å². The van der Waals surface area contributed by atoms with Gasteiger partial charge < -0.3 is 0 Å². The van der Waals surface area contributed by atoms with Gasteiger partial charge in [0.25, 0.3) is 5.91 Å². The van der Waals surface area contributed by atoms with Gasteiger partial charge in [0, 0.05) is 5.56 Å². The number of carbonyl (C=O) groups excluding carboxylic acids is 1. The van der Waals surface area contributed by atoms with Crippen LogP contribution < -0.4 is 3.93 Å². The summed E-state index contributed by atoms with van der Waals surface area (Å²) < 4.78 is 14.1. The molecule has 0 aromatic heterocycles. The number of benzene rings is 2. The molecule has 0 fully saturated rings. The minimum Gasteiger partial charge on any atom is -0.268 e. The van der Waals surface area contributed by atoms with Crippen LogP contribution in [0.2, 0.25) is 0 Å². The summed E-state index contributed by atoms with van der Waals surface area (Å²) in [6.07, 6.45) is 0. The maximum Gasteiger partial charge on any atom is 0.268 e. The van der Waals surface area contributed by atoms with Gasteiger partial charge in [0.2, 0.25) is 0 Å². The van der Waals surface area contributed by atoms with Crippen molar-refractivity contribution in [1.82, 2.24) is 0 Å². The predicted octanol–water partition coefficient (Wildman–Crippen LogP) is 3.78. The molecule has 4 heteroatoms. The summed E-state index contributed by atoms with van der Waals surface area (Å²) in [4.78, 5) is 12.0. The van der Waals surface area contributed by atoms with Gasteiger partial charge in [-0.05, 0) is 36.4 Å². The minimum atomic E-state index is -0.332. The van der Waals surface area contributed by atoms with E-state index >= 15 is 0 Å². The topological polar surface area (TPSA) is 20.3 Å². The average molecular weight is 294 g/mol. The molecule has 1 amide bonds. The molecular formula is C13H9BrFNO. The third kappa shape index (κ3) is 2.71. The monoisotopic (exact) mass is 293 g/mol. The van der Waals surface area contributed by atoms with Crippen LogP contribution in [0.5, 0.6) is 0 Å². The maximum atomic E-state index is 12.8. The first-order chi connectivity index (χ1) is 8.18. The van der Waals surface area contributed by atoms with E-state index in [2.05, 4.69) is 16.1 Å². The molecule has 0 heterocycles. The van der Waals surface area contributed by atoms with E-state index in [1.807, 2.05) is 6.07 Å². The number of halogens is 2. The molecule has 0 saturated heterocycles. The highest BCUT2D eigenvalue weighted by Crippen LogP contribution is 2.21. The number of rotatable bonds is 2. The quantitative estimate of drug-likeness (QED) is 0.772. The average Bonchev–Trinajstić information content (AvgIpc) is 2.39. The van der Waals surface area contributed by atoms with Gasteiger partial charge in [0.15, 0.2) is 0 Å². The number of hydrogen-bond acceptors (Lipinski definition) is 1. The number of nitrogens with zero attached hydrogens (tertiary/aromatic N) is 1. The van der Waals surface area contributed by atoms with Crippen molar-refractivity contribution in [2.24, 2.45) is 0 Å². The van der Waals surface area contributed by atoms with Crippen molar-refractivity contribution in [3.05, 3.63) is 66.0 Å². The largest absolute Gasteiger partial charge is 0.268 e. The van der Waals surface area contributed by atoms with Crippen LogP contribution in [0.3, 0.4) is 0 Å². The Bertz CT molecular complexity index is 513. The summed E-state index contributed by atoms with van der Waals surface area (Å²) in [5.41, 5.74) is 1.15. The van der Waals surface area contributed by atoms with Crippen molar-refractivity contribution in [3.63, 3.8) is 0 Å². The zero-order valence-corrected chi connectivity index (χ0v) is 10.4. The van der Waals surface area contributed by atoms with E-state index in [9.17, 15) is 9.18 Å². The maximum absolute atomic E-state index is 12.8. The lowest BCUT2D eigenvalue weighted by molar-refractivity contribution is 0.101. The molecule has 0 aliphatic carbocycles. The van der Waals surface area contributed by atoms with Crippen LogP contribution in [0.4, 0.5) is 10.1 Å². The molecule has 0 atom stereocenters. The Morgan fingerprint density at radius 2 is 1.59 bits per heavy atom. The number of carbonyl (C=O) groups is 1. The third-order valence-electron chi connectivity index (χ3n) is 2.25. The summed E-state index contributed by atoms with van der Waals surface area (Å²) in [5.74, 6) is -0.529. The normalized spacial score (nSPS) is 10.0. The van der Waals surface area contributed by atoms with Gasteiger partial charge in [0.05, 0.1) is 21.8 Å². The molecular weight excluding hydrogens is 285 g/mol. The third-order valence-corrected chi connectivity index (χ3v) is 2.98. The second kappa shape index (κ2) is 5.10. The van der Waals surface area contributed by atoms with E-state index < -0.39 is 0 Å². The van der Waals surface area contributed by atoms with Crippen LogP contribution in [0, 0.1) is 5.82 Å². The van der Waals surface area contributed by atoms with Crippen LogP contribution in [0.1, 0.15) is 10.4 Å². The molecule has 86 valence electrons. The first-order valence-electron chi connectivity index (χ1n) is 4.99. The highest BCUT2D eigenvalue weighted by Gasteiger charge is 2.14. The molecule has 0 aliphatic heterocycles. The molecule has 2 aromatic rings. The van der Waals surface area contributed by atoms with Gasteiger partial charge in [-0.15, -0.1) is 0 Å². The summed E-state index contributed by atoms with van der Waals surface area (Å²) in [6, 6.07) is 14.5. The van der Waals surface area contributed by atoms with Crippen LogP contribution >= 0.6 is 16.1 Å². The second-order valence-corrected chi connectivity index (χ2v) is 4.14. The molecule has 0 unspecified atom stereocenters. The molecule has 0 saturated carbocycles. The molecule has 2 nitrogen and oxygen atoms in total. The second-order valence-electron chi connectivity index (χ2n) is 3.43. The fourth-order valence-electron chi connectivity index (χ4n) is 1.38. The van der Waals surface area contributed by atoms with Crippen LogP contribution in [-0.2, 0) is 0 Å². The van der Waals surface area contributed by atoms with Gasteiger partial charge in [0.1, 0.15) is 5.82 Å². The predicted molar refractivity (Wildman–Crippen MR) is 68.6 cm³/mol. The van der Waals surface area contributed by atoms with Crippen molar-refractivity contribution >= 4 is 27.7 Å². The molecule has 17 heavy (non-hydrogen) atoms. The number of anilines is 1. The summed E-state index contributed by atoms with van der Waals surface area (Å²) in [7, 11) is 0. The van der Waals surface area contributed by atoms with E-state index in [0.29, 0.717) is 11.3 Å². The summed E-state index contributed by atoms with van der Waals surface area (Å²) in [5, 5.41) is 0. The lowest BCUT2D eigenvalue weighted by atomic mass is 10.2. The van der Waals surface area contributed by atoms with Gasteiger partial charge in [-0.25, -0.2) is 8.32 Å². The Labute approximate surface area is 107 Å². The molecule has 0 spiro atoms. The zero-order chi connectivity index (χ0) is 12.3. The highest BCUT2D eigenvalue weighted by molar-refractivity contribution is 9.10. The first-order valence-corrected chi connectivity index (χ1v) is 5.70. The highest BCUT2D eigenvalue weighted by atomic mass is 79.9. The molecule has 2 rings (SSSR count). The molecule has 0 N–H and O–H groups in total. The van der Waals surface area contributed by atoms with Gasteiger partial charge in [-0.1, -0.05) is 18.2 Å². The van der Waals surface area contributed by atoms with E-state index in [4.69, 9.17) is 0 Å². The van der Waals surface area contributed by atoms with Gasteiger partial charge in [-0.2, -0.15) is 0 Å².